The maximum atomic E-state index is 5.60. The van der Waals surface area contributed by atoms with E-state index in [1.807, 2.05) is 29.1 Å². The van der Waals surface area contributed by atoms with Gasteiger partial charge in [-0.3, -0.25) is 9.67 Å². The molecule has 5 heteroatoms. The van der Waals surface area contributed by atoms with E-state index in [4.69, 9.17) is 10.8 Å². The molecule has 0 amide bonds. The van der Waals surface area contributed by atoms with Gasteiger partial charge >= 0.3 is 0 Å². The number of halogens is 1. The average Bonchev–Trinajstić information content (AvgIpc) is 2.84. The molecule has 20 heavy (non-hydrogen) atoms. The van der Waals surface area contributed by atoms with Gasteiger partial charge in [-0.25, -0.2) is 0 Å². The molecule has 102 valence electrons. The lowest BCUT2D eigenvalue weighted by atomic mass is 10.1. The summed E-state index contributed by atoms with van der Waals surface area (Å²) >= 11 is 3.51. The normalized spacial score (nSPS) is 11.1. The molecule has 0 aliphatic rings. The number of aryl methyl sites for hydroxylation is 1. The molecule has 0 fully saturated rings. The van der Waals surface area contributed by atoms with Crippen molar-refractivity contribution in [1.29, 1.82) is 0 Å². The van der Waals surface area contributed by atoms with Gasteiger partial charge < -0.3 is 5.73 Å². The van der Waals surface area contributed by atoms with E-state index in [9.17, 15) is 0 Å². The van der Waals surface area contributed by atoms with Gasteiger partial charge in [-0.05, 0) is 31.2 Å². The fraction of sp³-hybridized carbons (Fsp3) is 0.200. The van der Waals surface area contributed by atoms with E-state index >= 15 is 0 Å². The Kier molecular flexibility index (Phi) is 3.80. The molecule has 3 aromatic rings. The molecule has 2 aromatic heterocycles. The molecule has 0 saturated heterocycles. The Morgan fingerprint density at radius 1 is 1.25 bits per heavy atom. The van der Waals surface area contributed by atoms with Crippen molar-refractivity contribution in [2.75, 3.05) is 6.54 Å². The summed E-state index contributed by atoms with van der Waals surface area (Å²) in [7, 11) is 0. The second-order valence-electron chi connectivity index (χ2n) is 4.62. The molecular weight excluding hydrogens is 316 g/mol. The minimum Gasteiger partial charge on any atom is -0.330 e. The van der Waals surface area contributed by atoms with Gasteiger partial charge in [0.1, 0.15) is 5.69 Å². The van der Waals surface area contributed by atoms with E-state index in [2.05, 4.69) is 33.0 Å². The zero-order chi connectivity index (χ0) is 13.9. The lowest BCUT2D eigenvalue weighted by Gasteiger charge is -2.00. The van der Waals surface area contributed by atoms with Gasteiger partial charge in [0.05, 0.1) is 5.52 Å². The van der Waals surface area contributed by atoms with Crippen LogP contribution in [-0.4, -0.2) is 21.3 Å². The average molecular weight is 331 g/mol. The predicted octanol–water partition coefficient (Wildman–Crippen LogP) is 3.21. The number of fused-ring (bicyclic) bond motifs is 1. The van der Waals surface area contributed by atoms with E-state index in [-0.39, 0.29) is 0 Å². The maximum absolute atomic E-state index is 5.60. The Labute approximate surface area is 125 Å². The molecule has 0 aliphatic carbocycles. The van der Waals surface area contributed by atoms with Crippen LogP contribution in [0.1, 0.15) is 6.42 Å². The van der Waals surface area contributed by atoms with Crippen LogP contribution in [0.4, 0.5) is 0 Å². The van der Waals surface area contributed by atoms with Crippen LogP contribution >= 0.6 is 15.9 Å². The number of rotatable bonds is 4. The quantitative estimate of drug-likeness (QED) is 0.799. The first-order chi connectivity index (χ1) is 9.79. The Bertz CT molecular complexity index is 736. The fourth-order valence-electron chi connectivity index (χ4n) is 2.28. The Balaban J connectivity index is 2.15. The molecule has 0 spiro atoms. The highest BCUT2D eigenvalue weighted by Gasteiger charge is 2.12. The van der Waals surface area contributed by atoms with Crippen LogP contribution in [0.2, 0.25) is 0 Å². The van der Waals surface area contributed by atoms with Gasteiger partial charge in [-0.2, -0.15) is 5.10 Å². The second-order valence-corrected chi connectivity index (χ2v) is 5.53. The standard InChI is InChI=1S/C15H15BrN4/c16-12-4-1-3-11(9-12)15-13-10-18-7-5-14(13)20(19-15)8-2-6-17/h1,3-5,7,9-10H,2,6,8,17H2. The van der Waals surface area contributed by atoms with Crippen molar-refractivity contribution in [3.05, 3.63) is 47.2 Å². The summed E-state index contributed by atoms with van der Waals surface area (Å²) in [6.45, 7) is 1.49. The van der Waals surface area contributed by atoms with Gasteiger partial charge in [0.25, 0.3) is 0 Å². The third kappa shape index (κ3) is 2.46. The minimum absolute atomic E-state index is 0.665. The Hall–Kier alpha value is -1.72. The van der Waals surface area contributed by atoms with Crippen molar-refractivity contribution in [2.24, 2.45) is 5.73 Å². The highest BCUT2D eigenvalue weighted by molar-refractivity contribution is 9.10. The largest absolute Gasteiger partial charge is 0.330 e. The topological polar surface area (TPSA) is 56.7 Å². The minimum atomic E-state index is 0.665. The Morgan fingerprint density at radius 3 is 2.95 bits per heavy atom. The summed E-state index contributed by atoms with van der Waals surface area (Å²) in [4.78, 5) is 4.23. The number of nitrogens with two attached hydrogens (primary N) is 1. The molecule has 0 bridgehead atoms. The van der Waals surface area contributed by atoms with Crippen LogP contribution in [0, 0.1) is 0 Å². The SMILES string of the molecule is NCCCn1nc(-c2cccc(Br)c2)c2cnccc21. The summed E-state index contributed by atoms with van der Waals surface area (Å²) in [5, 5.41) is 5.81. The highest BCUT2D eigenvalue weighted by atomic mass is 79.9. The molecule has 2 N–H and O–H groups in total. The third-order valence-electron chi connectivity index (χ3n) is 3.22. The van der Waals surface area contributed by atoms with Gasteiger partial charge in [0.15, 0.2) is 0 Å². The van der Waals surface area contributed by atoms with E-state index < -0.39 is 0 Å². The van der Waals surface area contributed by atoms with Crippen LogP contribution in [0.25, 0.3) is 22.2 Å². The lowest BCUT2D eigenvalue weighted by molar-refractivity contribution is 0.604. The number of aromatic nitrogens is 3. The third-order valence-corrected chi connectivity index (χ3v) is 3.72. The van der Waals surface area contributed by atoms with Crippen LogP contribution in [-0.2, 0) is 6.54 Å². The van der Waals surface area contributed by atoms with E-state index in [1.165, 1.54) is 0 Å². The van der Waals surface area contributed by atoms with Crippen LogP contribution < -0.4 is 5.73 Å². The van der Waals surface area contributed by atoms with Crippen molar-refractivity contribution >= 4 is 26.8 Å². The molecule has 0 aliphatic heterocycles. The number of hydrogen-bond donors (Lipinski definition) is 1. The molecule has 0 saturated carbocycles. The van der Waals surface area contributed by atoms with Gasteiger partial charge in [-0.15, -0.1) is 0 Å². The molecular formula is C15H15BrN4. The van der Waals surface area contributed by atoms with Gasteiger partial charge in [0, 0.05) is 34.4 Å². The van der Waals surface area contributed by atoms with E-state index in [1.54, 1.807) is 6.20 Å². The molecule has 3 rings (SSSR count). The van der Waals surface area contributed by atoms with Crippen molar-refractivity contribution in [2.45, 2.75) is 13.0 Å². The summed E-state index contributed by atoms with van der Waals surface area (Å²) in [5.74, 6) is 0. The van der Waals surface area contributed by atoms with Crippen molar-refractivity contribution in [3.8, 4) is 11.3 Å². The van der Waals surface area contributed by atoms with Crippen molar-refractivity contribution < 1.29 is 0 Å². The maximum Gasteiger partial charge on any atom is 0.102 e. The summed E-state index contributed by atoms with van der Waals surface area (Å²) in [5.41, 5.74) is 8.75. The van der Waals surface area contributed by atoms with E-state index in [0.717, 1.165) is 39.6 Å². The molecule has 0 unspecified atom stereocenters. The Morgan fingerprint density at radius 2 is 2.15 bits per heavy atom. The number of benzene rings is 1. The molecule has 0 atom stereocenters. The van der Waals surface area contributed by atoms with Crippen LogP contribution in [0.15, 0.2) is 47.2 Å². The van der Waals surface area contributed by atoms with Gasteiger partial charge in [-0.1, -0.05) is 28.1 Å². The highest BCUT2D eigenvalue weighted by Crippen LogP contribution is 2.29. The van der Waals surface area contributed by atoms with Crippen LogP contribution in [0.3, 0.4) is 0 Å². The number of nitrogens with zero attached hydrogens (tertiary/aromatic N) is 3. The molecule has 0 radical (unpaired) electrons. The number of pyridine rings is 1. The summed E-state index contributed by atoms with van der Waals surface area (Å²) in [6.07, 6.45) is 4.59. The molecule has 1 aromatic carbocycles. The first-order valence-electron chi connectivity index (χ1n) is 6.56. The first-order valence-corrected chi connectivity index (χ1v) is 7.35. The summed E-state index contributed by atoms with van der Waals surface area (Å²) < 4.78 is 3.06. The van der Waals surface area contributed by atoms with Crippen LogP contribution in [0.5, 0.6) is 0 Å². The zero-order valence-corrected chi connectivity index (χ0v) is 12.5. The van der Waals surface area contributed by atoms with Gasteiger partial charge in [0.2, 0.25) is 0 Å². The van der Waals surface area contributed by atoms with Crippen molar-refractivity contribution in [3.63, 3.8) is 0 Å². The lowest BCUT2D eigenvalue weighted by Crippen LogP contribution is -2.06. The smallest absolute Gasteiger partial charge is 0.102 e. The predicted molar refractivity (Wildman–Crippen MR) is 84.3 cm³/mol. The van der Waals surface area contributed by atoms with E-state index in [0.29, 0.717) is 6.54 Å². The number of hydrogen-bond acceptors (Lipinski definition) is 3. The van der Waals surface area contributed by atoms with Crippen molar-refractivity contribution in [1.82, 2.24) is 14.8 Å². The first kappa shape index (κ1) is 13.3. The second kappa shape index (κ2) is 5.73. The molecule has 2 heterocycles. The molecule has 4 nitrogen and oxygen atoms in total. The monoisotopic (exact) mass is 330 g/mol. The fourth-order valence-corrected chi connectivity index (χ4v) is 2.68. The zero-order valence-electron chi connectivity index (χ0n) is 11.0. The summed E-state index contributed by atoms with van der Waals surface area (Å²) in [6, 6.07) is 10.2.